The average molecular weight is 294 g/mol. The highest BCUT2D eigenvalue weighted by Crippen LogP contribution is 2.20. The van der Waals surface area contributed by atoms with Gasteiger partial charge in [-0.25, -0.2) is 4.98 Å². The first-order valence-corrected chi connectivity index (χ1v) is 6.84. The molecule has 0 radical (unpaired) electrons. The molecular formula is C17H14N2O3. The lowest BCUT2D eigenvalue weighted by atomic mass is 10.1. The van der Waals surface area contributed by atoms with Crippen molar-refractivity contribution in [2.45, 2.75) is 13.5 Å². The normalized spacial score (nSPS) is 10.8. The first-order chi connectivity index (χ1) is 10.6. The number of hydrogen-bond donors (Lipinski definition) is 1. The molecular weight excluding hydrogens is 280 g/mol. The third kappa shape index (κ3) is 2.48. The summed E-state index contributed by atoms with van der Waals surface area (Å²) >= 11 is 0. The smallest absolute Gasteiger partial charge is 0.323 e. The molecule has 0 aliphatic rings. The summed E-state index contributed by atoms with van der Waals surface area (Å²) in [5, 5.41) is 9.52. The minimum atomic E-state index is -1.08. The van der Waals surface area contributed by atoms with E-state index in [1.807, 2.05) is 31.2 Å². The van der Waals surface area contributed by atoms with Crippen LogP contribution in [-0.4, -0.2) is 20.6 Å². The van der Waals surface area contributed by atoms with Crippen LogP contribution in [0.15, 0.2) is 53.3 Å². The van der Waals surface area contributed by atoms with Crippen molar-refractivity contribution < 1.29 is 9.90 Å². The molecule has 0 atom stereocenters. The zero-order valence-corrected chi connectivity index (χ0v) is 12.0. The fraction of sp³-hybridized carbons (Fsp3) is 0.118. The summed E-state index contributed by atoms with van der Waals surface area (Å²) in [6.07, 6.45) is 0. The first-order valence-electron chi connectivity index (χ1n) is 6.84. The minimum Gasteiger partial charge on any atom is -0.480 e. The van der Waals surface area contributed by atoms with Gasteiger partial charge in [0.15, 0.2) is 0 Å². The van der Waals surface area contributed by atoms with Crippen molar-refractivity contribution in [2.75, 3.05) is 0 Å². The van der Waals surface area contributed by atoms with E-state index in [4.69, 9.17) is 5.11 Å². The lowest BCUT2D eigenvalue weighted by molar-refractivity contribution is -0.137. The standard InChI is InChI=1S/C17H14N2O3/c1-11-5-4-6-12(9-11)16-18-14-8-3-2-7-13(14)17(22)19(16)10-15(20)21/h2-9H,10H2,1H3,(H,20,21). The third-order valence-electron chi connectivity index (χ3n) is 3.43. The Bertz CT molecular complexity index is 929. The van der Waals surface area contributed by atoms with Crippen LogP contribution in [0.3, 0.4) is 0 Å². The number of aliphatic carboxylic acids is 1. The lowest BCUT2D eigenvalue weighted by Crippen LogP contribution is -2.27. The lowest BCUT2D eigenvalue weighted by Gasteiger charge is -2.12. The van der Waals surface area contributed by atoms with Crippen molar-refractivity contribution in [3.63, 3.8) is 0 Å². The summed E-state index contributed by atoms with van der Waals surface area (Å²) in [5.74, 6) is -0.706. The molecule has 5 heteroatoms. The topological polar surface area (TPSA) is 72.2 Å². The van der Waals surface area contributed by atoms with Gasteiger partial charge in [0.1, 0.15) is 12.4 Å². The molecule has 1 aromatic heterocycles. The minimum absolute atomic E-state index is 0.343. The molecule has 0 amide bonds. The van der Waals surface area contributed by atoms with Crippen LogP contribution in [-0.2, 0) is 11.3 Å². The fourth-order valence-electron chi connectivity index (χ4n) is 2.45. The zero-order valence-electron chi connectivity index (χ0n) is 12.0. The number of carboxylic acid groups (broad SMARTS) is 1. The van der Waals surface area contributed by atoms with Gasteiger partial charge < -0.3 is 5.11 Å². The Labute approximate surface area is 126 Å². The molecule has 0 bridgehead atoms. The summed E-state index contributed by atoms with van der Waals surface area (Å²) in [5.41, 5.74) is 1.96. The van der Waals surface area contributed by atoms with E-state index in [9.17, 15) is 9.59 Å². The molecule has 5 nitrogen and oxygen atoms in total. The van der Waals surface area contributed by atoms with E-state index in [-0.39, 0.29) is 5.56 Å². The number of para-hydroxylation sites is 1. The Morgan fingerprint density at radius 1 is 1.18 bits per heavy atom. The number of aromatic nitrogens is 2. The van der Waals surface area contributed by atoms with E-state index < -0.39 is 12.5 Å². The third-order valence-corrected chi connectivity index (χ3v) is 3.43. The van der Waals surface area contributed by atoms with E-state index in [0.29, 0.717) is 16.7 Å². The van der Waals surface area contributed by atoms with Crippen LogP contribution in [0, 0.1) is 6.92 Å². The van der Waals surface area contributed by atoms with Crippen molar-refractivity contribution >= 4 is 16.9 Å². The van der Waals surface area contributed by atoms with Gasteiger partial charge in [0.25, 0.3) is 5.56 Å². The molecule has 0 aliphatic carbocycles. The summed E-state index contributed by atoms with van der Waals surface area (Å²) in [6.45, 7) is 1.52. The zero-order chi connectivity index (χ0) is 15.7. The van der Waals surface area contributed by atoms with E-state index >= 15 is 0 Å². The van der Waals surface area contributed by atoms with Gasteiger partial charge in [-0.2, -0.15) is 0 Å². The Kier molecular flexibility index (Phi) is 3.47. The number of fused-ring (bicyclic) bond motifs is 1. The molecule has 2 aromatic carbocycles. The highest BCUT2D eigenvalue weighted by atomic mass is 16.4. The summed E-state index contributed by atoms with van der Waals surface area (Å²) < 4.78 is 1.21. The Morgan fingerprint density at radius 2 is 1.95 bits per heavy atom. The van der Waals surface area contributed by atoms with Gasteiger partial charge in [0.05, 0.1) is 10.9 Å². The fourth-order valence-corrected chi connectivity index (χ4v) is 2.45. The summed E-state index contributed by atoms with van der Waals surface area (Å²) in [6, 6.07) is 14.4. The highest BCUT2D eigenvalue weighted by molar-refractivity contribution is 5.80. The monoisotopic (exact) mass is 294 g/mol. The number of aryl methyl sites for hydroxylation is 1. The number of hydrogen-bond acceptors (Lipinski definition) is 3. The van der Waals surface area contributed by atoms with Crippen molar-refractivity contribution in [3.8, 4) is 11.4 Å². The summed E-state index contributed by atoms with van der Waals surface area (Å²) in [7, 11) is 0. The molecule has 22 heavy (non-hydrogen) atoms. The molecule has 1 N–H and O–H groups in total. The predicted molar refractivity (Wildman–Crippen MR) is 83.8 cm³/mol. The number of carboxylic acids is 1. The van der Waals surface area contributed by atoms with Gasteiger partial charge in [-0.15, -0.1) is 0 Å². The van der Waals surface area contributed by atoms with Crippen LogP contribution in [0.4, 0.5) is 0 Å². The second-order valence-electron chi connectivity index (χ2n) is 5.11. The van der Waals surface area contributed by atoms with Crippen LogP contribution >= 0.6 is 0 Å². The van der Waals surface area contributed by atoms with Gasteiger partial charge in [0, 0.05) is 5.56 Å². The van der Waals surface area contributed by atoms with Crippen molar-refractivity contribution in [1.82, 2.24) is 9.55 Å². The number of nitrogens with zero attached hydrogens (tertiary/aromatic N) is 2. The highest BCUT2D eigenvalue weighted by Gasteiger charge is 2.14. The van der Waals surface area contributed by atoms with Crippen LogP contribution in [0.25, 0.3) is 22.3 Å². The largest absolute Gasteiger partial charge is 0.480 e. The molecule has 0 saturated heterocycles. The molecule has 0 fully saturated rings. The van der Waals surface area contributed by atoms with E-state index in [2.05, 4.69) is 4.98 Å². The van der Waals surface area contributed by atoms with E-state index in [0.717, 1.165) is 11.1 Å². The quantitative estimate of drug-likeness (QED) is 0.805. The second kappa shape index (κ2) is 5.44. The van der Waals surface area contributed by atoms with E-state index in [1.165, 1.54) is 4.57 Å². The Hall–Kier alpha value is -2.95. The number of benzene rings is 2. The Balaban J connectivity index is 2.36. The van der Waals surface area contributed by atoms with Crippen LogP contribution in [0.5, 0.6) is 0 Å². The maximum absolute atomic E-state index is 12.6. The maximum atomic E-state index is 12.6. The van der Waals surface area contributed by atoms with Crippen molar-refractivity contribution in [3.05, 3.63) is 64.4 Å². The Morgan fingerprint density at radius 3 is 2.68 bits per heavy atom. The molecule has 0 spiro atoms. The van der Waals surface area contributed by atoms with Gasteiger partial charge in [-0.1, -0.05) is 35.9 Å². The average Bonchev–Trinajstić information content (AvgIpc) is 2.49. The van der Waals surface area contributed by atoms with Crippen LogP contribution in [0.2, 0.25) is 0 Å². The van der Waals surface area contributed by atoms with Gasteiger partial charge in [0.2, 0.25) is 0 Å². The molecule has 0 unspecified atom stereocenters. The molecule has 0 saturated carbocycles. The SMILES string of the molecule is Cc1cccc(-c2nc3ccccc3c(=O)n2CC(=O)O)c1. The van der Waals surface area contributed by atoms with Gasteiger partial charge >= 0.3 is 5.97 Å². The maximum Gasteiger partial charge on any atom is 0.323 e. The van der Waals surface area contributed by atoms with Crippen molar-refractivity contribution in [2.24, 2.45) is 0 Å². The van der Waals surface area contributed by atoms with Gasteiger partial charge in [-0.3, -0.25) is 14.2 Å². The molecule has 110 valence electrons. The van der Waals surface area contributed by atoms with Crippen molar-refractivity contribution in [1.29, 1.82) is 0 Å². The van der Waals surface area contributed by atoms with Gasteiger partial charge in [-0.05, 0) is 25.1 Å². The van der Waals surface area contributed by atoms with E-state index in [1.54, 1.807) is 24.3 Å². The number of carbonyl (C=O) groups is 1. The summed E-state index contributed by atoms with van der Waals surface area (Å²) in [4.78, 5) is 28.2. The predicted octanol–water partition coefficient (Wildman–Crippen LogP) is 2.46. The molecule has 0 aliphatic heterocycles. The second-order valence-corrected chi connectivity index (χ2v) is 5.11. The van der Waals surface area contributed by atoms with Crippen LogP contribution < -0.4 is 5.56 Å². The van der Waals surface area contributed by atoms with Crippen LogP contribution in [0.1, 0.15) is 5.56 Å². The molecule has 3 rings (SSSR count). The number of rotatable bonds is 3. The first kappa shape index (κ1) is 14.0. The molecule has 3 aromatic rings. The molecule has 1 heterocycles.